The predicted molar refractivity (Wildman–Crippen MR) is 80.3 cm³/mol. The van der Waals surface area contributed by atoms with Gasteiger partial charge in [0.25, 0.3) is 0 Å². The van der Waals surface area contributed by atoms with Crippen LogP contribution in [0, 0.1) is 5.92 Å². The number of nitrogens with two attached hydrogens (primary N) is 1. The van der Waals surface area contributed by atoms with Crippen molar-refractivity contribution in [3.63, 3.8) is 0 Å². The first-order chi connectivity index (χ1) is 9.26. The average Bonchev–Trinajstić information content (AvgIpc) is 2.89. The number of hydrogen-bond donors (Lipinski definition) is 1. The summed E-state index contributed by atoms with van der Waals surface area (Å²) in [6.07, 6.45) is 9.35. The van der Waals surface area contributed by atoms with Crippen molar-refractivity contribution in [2.24, 2.45) is 11.7 Å². The number of nitrogens with zero attached hydrogens (tertiary/aromatic N) is 1. The molecule has 1 aliphatic heterocycles. The molecule has 0 spiro atoms. The van der Waals surface area contributed by atoms with Crippen LogP contribution in [0.2, 0.25) is 0 Å². The first kappa shape index (κ1) is 15.3. The molecule has 0 amide bonds. The van der Waals surface area contributed by atoms with Crippen LogP contribution in [-0.4, -0.2) is 42.8 Å². The molecule has 19 heavy (non-hydrogen) atoms. The molecule has 0 bridgehead atoms. The van der Waals surface area contributed by atoms with Gasteiger partial charge >= 0.3 is 0 Å². The summed E-state index contributed by atoms with van der Waals surface area (Å²) < 4.78 is 6.00. The van der Waals surface area contributed by atoms with Crippen molar-refractivity contribution in [3.05, 3.63) is 0 Å². The quantitative estimate of drug-likeness (QED) is 0.805. The van der Waals surface area contributed by atoms with Gasteiger partial charge in [-0.2, -0.15) is 0 Å². The number of rotatable bonds is 6. The van der Waals surface area contributed by atoms with E-state index in [2.05, 4.69) is 18.7 Å². The maximum Gasteiger partial charge on any atom is 0.0702 e. The second-order valence-corrected chi connectivity index (χ2v) is 6.39. The molecule has 0 aromatic heterocycles. The van der Waals surface area contributed by atoms with Crippen molar-refractivity contribution >= 4 is 0 Å². The monoisotopic (exact) mass is 268 g/mol. The van der Waals surface area contributed by atoms with Crippen LogP contribution in [0.1, 0.15) is 58.8 Å². The van der Waals surface area contributed by atoms with Gasteiger partial charge in [-0.25, -0.2) is 0 Å². The largest absolute Gasteiger partial charge is 0.377 e. The van der Waals surface area contributed by atoms with E-state index in [-0.39, 0.29) is 5.54 Å². The van der Waals surface area contributed by atoms with Crippen molar-refractivity contribution in [2.45, 2.75) is 70.4 Å². The van der Waals surface area contributed by atoms with Crippen LogP contribution in [0.4, 0.5) is 0 Å². The molecule has 112 valence electrons. The molecule has 0 aromatic carbocycles. The van der Waals surface area contributed by atoms with E-state index in [1.54, 1.807) is 0 Å². The maximum absolute atomic E-state index is 6.23. The normalized spacial score (nSPS) is 36.8. The first-order valence-electron chi connectivity index (χ1n) is 8.33. The Kier molecular flexibility index (Phi) is 5.67. The van der Waals surface area contributed by atoms with Crippen LogP contribution in [0.3, 0.4) is 0 Å². The molecular weight excluding hydrogens is 236 g/mol. The van der Waals surface area contributed by atoms with Crippen LogP contribution in [-0.2, 0) is 4.74 Å². The van der Waals surface area contributed by atoms with Crippen molar-refractivity contribution in [1.29, 1.82) is 0 Å². The van der Waals surface area contributed by atoms with Gasteiger partial charge in [-0.05, 0) is 44.6 Å². The van der Waals surface area contributed by atoms with Gasteiger partial charge in [0.2, 0.25) is 0 Å². The standard InChI is InChI=1S/C16H32N2O/c1-3-11-19-15-8-6-10-18(12-15)16(13-17)9-5-7-14(16)4-2/h14-15H,3-13,17H2,1-2H3. The summed E-state index contributed by atoms with van der Waals surface area (Å²) >= 11 is 0. The number of ether oxygens (including phenoxy) is 1. The van der Waals surface area contributed by atoms with Crippen molar-refractivity contribution in [3.8, 4) is 0 Å². The minimum atomic E-state index is 0.281. The predicted octanol–water partition coefficient (Wildman–Crippen LogP) is 2.79. The van der Waals surface area contributed by atoms with Gasteiger partial charge in [0.1, 0.15) is 0 Å². The molecule has 0 aromatic rings. The minimum Gasteiger partial charge on any atom is -0.377 e. The highest BCUT2D eigenvalue weighted by Crippen LogP contribution is 2.42. The summed E-state index contributed by atoms with van der Waals surface area (Å²) in [6.45, 7) is 8.58. The van der Waals surface area contributed by atoms with E-state index in [1.165, 1.54) is 45.1 Å². The zero-order valence-electron chi connectivity index (χ0n) is 12.9. The SMILES string of the molecule is CCCOC1CCCN(C2(CN)CCCC2CC)C1. The van der Waals surface area contributed by atoms with E-state index in [0.29, 0.717) is 6.10 Å². The molecule has 3 nitrogen and oxygen atoms in total. The van der Waals surface area contributed by atoms with Crippen LogP contribution in [0.15, 0.2) is 0 Å². The fourth-order valence-corrected chi connectivity index (χ4v) is 4.29. The number of likely N-dealkylation sites (tertiary alicyclic amines) is 1. The summed E-state index contributed by atoms with van der Waals surface area (Å²) in [4.78, 5) is 2.69. The third-order valence-corrected chi connectivity index (χ3v) is 5.33. The zero-order valence-corrected chi connectivity index (χ0v) is 12.9. The lowest BCUT2D eigenvalue weighted by molar-refractivity contribution is -0.0477. The smallest absolute Gasteiger partial charge is 0.0702 e. The fourth-order valence-electron chi connectivity index (χ4n) is 4.29. The third kappa shape index (κ3) is 3.14. The molecule has 1 heterocycles. The molecule has 1 saturated carbocycles. The van der Waals surface area contributed by atoms with Gasteiger partial charge in [0.15, 0.2) is 0 Å². The van der Waals surface area contributed by atoms with Crippen LogP contribution in [0.25, 0.3) is 0 Å². The lowest BCUT2D eigenvalue weighted by Crippen LogP contribution is -2.60. The molecule has 1 aliphatic carbocycles. The Morgan fingerprint density at radius 1 is 1.26 bits per heavy atom. The van der Waals surface area contributed by atoms with Gasteiger partial charge in [0, 0.05) is 25.2 Å². The number of piperidine rings is 1. The highest BCUT2D eigenvalue weighted by atomic mass is 16.5. The highest BCUT2D eigenvalue weighted by molar-refractivity contribution is 5.02. The second-order valence-electron chi connectivity index (χ2n) is 6.39. The summed E-state index contributed by atoms with van der Waals surface area (Å²) in [5.41, 5.74) is 6.51. The van der Waals surface area contributed by atoms with Gasteiger partial charge in [0.05, 0.1) is 6.10 Å². The summed E-state index contributed by atoms with van der Waals surface area (Å²) in [7, 11) is 0. The van der Waals surface area contributed by atoms with Crippen LogP contribution >= 0.6 is 0 Å². The van der Waals surface area contributed by atoms with E-state index < -0.39 is 0 Å². The third-order valence-electron chi connectivity index (χ3n) is 5.33. The zero-order chi connectivity index (χ0) is 13.7. The molecular formula is C16H32N2O. The Morgan fingerprint density at radius 2 is 2.11 bits per heavy atom. The van der Waals surface area contributed by atoms with Crippen LogP contribution < -0.4 is 5.73 Å². The molecule has 0 radical (unpaired) electrons. The Labute approximate surface area is 118 Å². The van der Waals surface area contributed by atoms with E-state index in [0.717, 1.165) is 32.0 Å². The van der Waals surface area contributed by atoms with Crippen LogP contribution in [0.5, 0.6) is 0 Å². The Balaban J connectivity index is 2.01. The fraction of sp³-hybridized carbons (Fsp3) is 1.00. The molecule has 3 heteroatoms. The molecule has 1 saturated heterocycles. The average molecular weight is 268 g/mol. The van der Waals surface area contributed by atoms with Gasteiger partial charge < -0.3 is 10.5 Å². The molecule has 2 aliphatic rings. The van der Waals surface area contributed by atoms with Crippen molar-refractivity contribution in [2.75, 3.05) is 26.2 Å². The topological polar surface area (TPSA) is 38.5 Å². The number of hydrogen-bond acceptors (Lipinski definition) is 3. The summed E-state index contributed by atoms with van der Waals surface area (Å²) in [5, 5.41) is 0. The molecule has 3 atom stereocenters. The maximum atomic E-state index is 6.23. The Morgan fingerprint density at radius 3 is 2.79 bits per heavy atom. The highest BCUT2D eigenvalue weighted by Gasteiger charge is 2.46. The molecule has 2 rings (SSSR count). The van der Waals surface area contributed by atoms with Gasteiger partial charge in [-0.15, -0.1) is 0 Å². The van der Waals surface area contributed by atoms with Crippen molar-refractivity contribution in [1.82, 2.24) is 4.90 Å². The van der Waals surface area contributed by atoms with E-state index in [4.69, 9.17) is 10.5 Å². The van der Waals surface area contributed by atoms with E-state index in [1.807, 2.05) is 0 Å². The molecule has 3 unspecified atom stereocenters. The molecule has 2 N–H and O–H groups in total. The van der Waals surface area contributed by atoms with Crippen molar-refractivity contribution < 1.29 is 4.74 Å². The Bertz CT molecular complexity index is 271. The first-order valence-corrected chi connectivity index (χ1v) is 8.33. The summed E-state index contributed by atoms with van der Waals surface area (Å²) in [5.74, 6) is 0.794. The molecule has 2 fully saturated rings. The van der Waals surface area contributed by atoms with Gasteiger partial charge in [-0.1, -0.05) is 26.7 Å². The lowest BCUT2D eigenvalue weighted by Gasteiger charge is -2.48. The Hall–Kier alpha value is -0.120. The summed E-state index contributed by atoms with van der Waals surface area (Å²) in [6, 6.07) is 0. The van der Waals surface area contributed by atoms with E-state index in [9.17, 15) is 0 Å². The lowest BCUT2D eigenvalue weighted by atomic mass is 9.82. The second kappa shape index (κ2) is 7.05. The van der Waals surface area contributed by atoms with Gasteiger partial charge in [-0.3, -0.25) is 4.90 Å². The minimum absolute atomic E-state index is 0.281. The van der Waals surface area contributed by atoms with E-state index >= 15 is 0 Å².